The van der Waals surface area contributed by atoms with Crippen LogP contribution >= 0.6 is 0 Å². The average Bonchev–Trinajstić information content (AvgIpc) is 2.77. The van der Waals surface area contributed by atoms with Gasteiger partial charge in [-0.05, 0) is 45.1 Å². The molecule has 1 aromatic heterocycles. The van der Waals surface area contributed by atoms with Crippen LogP contribution < -0.4 is 0 Å². The molecule has 1 heterocycles. The van der Waals surface area contributed by atoms with Gasteiger partial charge >= 0.3 is 5.97 Å². The number of carboxylic acids is 1. The summed E-state index contributed by atoms with van der Waals surface area (Å²) in [6.45, 7) is 6.37. The second kappa shape index (κ2) is 5.12. The van der Waals surface area contributed by atoms with Crippen molar-refractivity contribution in [1.82, 2.24) is 9.78 Å². The number of carbonyl (C=O) groups is 1. The van der Waals surface area contributed by atoms with Crippen molar-refractivity contribution in [3.8, 4) is 0 Å². The molecule has 1 saturated carbocycles. The standard InChI is InChI=1S/C14H22N2O2/c1-9(2)16-13(6-7-15-16)12-8-10(3)4-5-11(12)14(17)18/h6-7,9-12H,4-5,8H2,1-3H3,(H,17,18). The highest BCUT2D eigenvalue weighted by Crippen LogP contribution is 2.41. The van der Waals surface area contributed by atoms with Crippen LogP contribution in [0.2, 0.25) is 0 Å². The molecule has 1 aromatic rings. The molecule has 0 aromatic carbocycles. The molecule has 3 atom stereocenters. The molecule has 18 heavy (non-hydrogen) atoms. The molecular weight excluding hydrogens is 228 g/mol. The SMILES string of the molecule is CC1CCC(C(=O)O)C(c2ccnn2C(C)C)C1. The van der Waals surface area contributed by atoms with Gasteiger partial charge in [0.2, 0.25) is 0 Å². The van der Waals surface area contributed by atoms with Gasteiger partial charge in [0.25, 0.3) is 0 Å². The topological polar surface area (TPSA) is 55.1 Å². The van der Waals surface area contributed by atoms with E-state index in [0.717, 1.165) is 25.0 Å². The zero-order valence-corrected chi connectivity index (χ0v) is 11.3. The first kappa shape index (κ1) is 13.1. The largest absolute Gasteiger partial charge is 0.481 e. The summed E-state index contributed by atoms with van der Waals surface area (Å²) in [7, 11) is 0. The molecule has 1 aliphatic carbocycles. The zero-order valence-electron chi connectivity index (χ0n) is 11.3. The third kappa shape index (κ3) is 2.42. The second-order valence-corrected chi connectivity index (χ2v) is 5.76. The second-order valence-electron chi connectivity index (χ2n) is 5.76. The van der Waals surface area contributed by atoms with Gasteiger partial charge in [0, 0.05) is 23.9 Å². The maximum Gasteiger partial charge on any atom is 0.307 e. The molecule has 0 aliphatic heterocycles. The van der Waals surface area contributed by atoms with Gasteiger partial charge in [0.05, 0.1) is 5.92 Å². The first-order valence-corrected chi connectivity index (χ1v) is 6.77. The van der Waals surface area contributed by atoms with Gasteiger partial charge in [-0.15, -0.1) is 0 Å². The van der Waals surface area contributed by atoms with Gasteiger partial charge in [-0.25, -0.2) is 0 Å². The molecule has 4 nitrogen and oxygen atoms in total. The van der Waals surface area contributed by atoms with Crippen LogP contribution in [0.1, 0.15) is 57.7 Å². The fraction of sp³-hybridized carbons (Fsp3) is 0.714. The average molecular weight is 250 g/mol. The predicted octanol–water partition coefficient (Wildman–Crippen LogP) is 3.07. The molecule has 100 valence electrons. The number of nitrogens with zero attached hydrogens (tertiary/aromatic N) is 2. The molecular formula is C14H22N2O2. The third-order valence-electron chi connectivity index (χ3n) is 4.00. The molecule has 0 bridgehead atoms. The number of hydrogen-bond acceptors (Lipinski definition) is 2. The lowest BCUT2D eigenvalue weighted by Gasteiger charge is -2.33. The van der Waals surface area contributed by atoms with Crippen LogP contribution in [-0.4, -0.2) is 20.9 Å². The van der Waals surface area contributed by atoms with E-state index in [9.17, 15) is 9.90 Å². The Morgan fingerprint density at radius 1 is 1.50 bits per heavy atom. The van der Waals surface area contributed by atoms with E-state index >= 15 is 0 Å². The maximum atomic E-state index is 11.4. The summed E-state index contributed by atoms with van der Waals surface area (Å²) in [6.07, 6.45) is 4.54. The minimum absolute atomic E-state index is 0.108. The van der Waals surface area contributed by atoms with E-state index in [0.29, 0.717) is 5.92 Å². The summed E-state index contributed by atoms with van der Waals surface area (Å²) in [5, 5.41) is 13.7. The first-order chi connectivity index (χ1) is 8.50. The molecule has 3 unspecified atom stereocenters. The van der Waals surface area contributed by atoms with Crippen molar-refractivity contribution >= 4 is 5.97 Å². The Bertz CT molecular complexity index is 425. The van der Waals surface area contributed by atoms with Crippen LogP contribution in [0.15, 0.2) is 12.3 Å². The summed E-state index contributed by atoms with van der Waals surface area (Å²) in [5.74, 6) is -0.212. The fourth-order valence-electron chi connectivity index (χ4n) is 3.05. The molecule has 1 fully saturated rings. The highest BCUT2D eigenvalue weighted by Gasteiger charge is 2.36. The number of aliphatic carboxylic acids is 1. The molecule has 0 radical (unpaired) electrons. The lowest BCUT2D eigenvalue weighted by atomic mass is 9.73. The Morgan fingerprint density at radius 3 is 2.83 bits per heavy atom. The van der Waals surface area contributed by atoms with Crippen LogP contribution in [0.25, 0.3) is 0 Å². The van der Waals surface area contributed by atoms with Gasteiger partial charge < -0.3 is 5.11 Å². The summed E-state index contributed by atoms with van der Waals surface area (Å²) in [4.78, 5) is 11.4. The minimum atomic E-state index is -0.664. The number of aromatic nitrogens is 2. The summed E-state index contributed by atoms with van der Waals surface area (Å²) < 4.78 is 1.97. The first-order valence-electron chi connectivity index (χ1n) is 6.77. The van der Waals surface area contributed by atoms with Crippen LogP contribution in [0.3, 0.4) is 0 Å². The summed E-state index contributed by atoms with van der Waals surface area (Å²) in [6, 6.07) is 2.26. The Labute approximate surface area is 108 Å². The van der Waals surface area contributed by atoms with E-state index < -0.39 is 5.97 Å². The maximum absolute atomic E-state index is 11.4. The van der Waals surface area contributed by atoms with Gasteiger partial charge in [0.15, 0.2) is 0 Å². The van der Waals surface area contributed by atoms with Crippen LogP contribution in [-0.2, 0) is 4.79 Å². The summed E-state index contributed by atoms with van der Waals surface area (Å²) >= 11 is 0. The van der Waals surface area contributed by atoms with Crippen LogP contribution in [0.4, 0.5) is 0 Å². The number of hydrogen-bond donors (Lipinski definition) is 1. The monoisotopic (exact) mass is 250 g/mol. The molecule has 0 spiro atoms. The Balaban J connectivity index is 2.32. The predicted molar refractivity (Wildman–Crippen MR) is 69.5 cm³/mol. The van der Waals surface area contributed by atoms with E-state index in [4.69, 9.17) is 0 Å². The van der Waals surface area contributed by atoms with E-state index in [-0.39, 0.29) is 17.9 Å². The van der Waals surface area contributed by atoms with Crippen molar-refractivity contribution in [3.63, 3.8) is 0 Å². The third-order valence-corrected chi connectivity index (χ3v) is 4.00. The van der Waals surface area contributed by atoms with Crippen LogP contribution in [0, 0.1) is 11.8 Å². The summed E-state index contributed by atoms with van der Waals surface area (Å²) in [5.41, 5.74) is 1.09. The van der Waals surface area contributed by atoms with Crippen molar-refractivity contribution in [1.29, 1.82) is 0 Å². The van der Waals surface area contributed by atoms with E-state index in [1.165, 1.54) is 0 Å². The van der Waals surface area contributed by atoms with Crippen molar-refractivity contribution in [2.45, 2.75) is 52.0 Å². The van der Waals surface area contributed by atoms with Crippen molar-refractivity contribution in [2.24, 2.45) is 11.8 Å². The van der Waals surface area contributed by atoms with Gasteiger partial charge in [-0.3, -0.25) is 9.48 Å². The van der Waals surface area contributed by atoms with Gasteiger partial charge in [-0.2, -0.15) is 5.10 Å². The molecule has 4 heteroatoms. The Kier molecular flexibility index (Phi) is 3.73. The lowest BCUT2D eigenvalue weighted by Crippen LogP contribution is -2.30. The Hall–Kier alpha value is -1.32. The van der Waals surface area contributed by atoms with Crippen molar-refractivity contribution in [3.05, 3.63) is 18.0 Å². The lowest BCUT2D eigenvalue weighted by molar-refractivity contribution is -0.143. The highest BCUT2D eigenvalue weighted by atomic mass is 16.4. The van der Waals surface area contributed by atoms with E-state index in [1.54, 1.807) is 6.20 Å². The molecule has 0 saturated heterocycles. The normalized spacial score (nSPS) is 28.6. The quantitative estimate of drug-likeness (QED) is 0.897. The molecule has 1 N–H and O–H groups in total. The highest BCUT2D eigenvalue weighted by molar-refractivity contribution is 5.71. The van der Waals surface area contributed by atoms with Crippen molar-refractivity contribution < 1.29 is 9.90 Å². The van der Waals surface area contributed by atoms with Gasteiger partial charge in [0.1, 0.15) is 0 Å². The molecule has 2 rings (SSSR count). The van der Waals surface area contributed by atoms with Gasteiger partial charge in [-0.1, -0.05) is 6.92 Å². The molecule has 1 aliphatic rings. The number of carboxylic acid groups (broad SMARTS) is 1. The fourth-order valence-corrected chi connectivity index (χ4v) is 3.05. The zero-order chi connectivity index (χ0) is 13.3. The van der Waals surface area contributed by atoms with E-state index in [1.807, 2.05) is 10.7 Å². The Morgan fingerprint density at radius 2 is 2.22 bits per heavy atom. The number of rotatable bonds is 3. The molecule has 0 amide bonds. The van der Waals surface area contributed by atoms with Crippen molar-refractivity contribution in [2.75, 3.05) is 0 Å². The van der Waals surface area contributed by atoms with E-state index in [2.05, 4.69) is 25.9 Å². The van der Waals surface area contributed by atoms with Crippen LogP contribution in [0.5, 0.6) is 0 Å². The smallest absolute Gasteiger partial charge is 0.307 e. The minimum Gasteiger partial charge on any atom is -0.481 e.